The van der Waals surface area contributed by atoms with Crippen molar-refractivity contribution >= 4 is 27.3 Å². The lowest BCUT2D eigenvalue weighted by Gasteiger charge is -2.14. The van der Waals surface area contributed by atoms with Crippen LogP contribution >= 0.6 is 27.3 Å². The van der Waals surface area contributed by atoms with E-state index in [9.17, 15) is 4.39 Å². The summed E-state index contributed by atoms with van der Waals surface area (Å²) in [7, 11) is 0. The van der Waals surface area contributed by atoms with Gasteiger partial charge in [-0.2, -0.15) is 0 Å². The minimum absolute atomic E-state index is 0.199. The third-order valence-corrected chi connectivity index (χ3v) is 4.88. The Morgan fingerprint density at radius 3 is 2.83 bits per heavy atom. The van der Waals surface area contributed by atoms with Gasteiger partial charge in [-0.1, -0.05) is 15.9 Å². The lowest BCUT2D eigenvalue weighted by molar-refractivity contribution is 0.573. The molecule has 0 bridgehead atoms. The summed E-state index contributed by atoms with van der Waals surface area (Å²) in [4.78, 5) is 1.34. The molecule has 1 heterocycles. The van der Waals surface area contributed by atoms with Gasteiger partial charge in [-0.15, -0.1) is 11.3 Å². The van der Waals surface area contributed by atoms with E-state index in [1.54, 1.807) is 23.5 Å². The fourth-order valence-corrected chi connectivity index (χ4v) is 3.21. The molecule has 18 heavy (non-hydrogen) atoms. The second-order valence-electron chi connectivity index (χ2n) is 4.31. The highest BCUT2D eigenvalue weighted by Crippen LogP contribution is 2.24. The van der Waals surface area contributed by atoms with Crippen molar-refractivity contribution in [3.63, 3.8) is 0 Å². The highest BCUT2D eigenvalue weighted by molar-refractivity contribution is 9.10. The number of halogens is 2. The third kappa shape index (κ3) is 3.19. The molecule has 1 aromatic heterocycles. The average Bonchev–Trinajstić information content (AvgIpc) is 2.76. The molecule has 1 atom stereocenters. The molecule has 0 radical (unpaired) electrons. The highest BCUT2D eigenvalue weighted by atomic mass is 79.9. The van der Waals surface area contributed by atoms with Gasteiger partial charge in [0.2, 0.25) is 0 Å². The Hall–Kier alpha value is -0.710. The van der Waals surface area contributed by atoms with Crippen LogP contribution in [0.15, 0.2) is 34.1 Å². The molecule has 0 saturated carbocycles. The van der Waals surface area contributed by atoms with Crippen LogP contribution in [0.5, 0.6) is 0 Å². The lowest BCUT2D eigenvalue weighted by Crippen LogP contribution is -2.18. The summed E-state index contributed by atoms with van der Waals surface area (Å²) >= 11 is 5.19. The monoisotopic (exact) mass is 327 g/mol. The van der Waals surface area contributed by atoms with Crippen LogP contribution in [0.2, 0.25) is 0 Å². The minimum atomic E-state index is -0.199. The molecule has 1 N–H and O–H groups in total. The maximum Gasteiger partial charge on any atom is 0.123 e. The summed E-state index contributed by atoms with van der Waals surface area (Å²) in [6.07, 6.45) is 0. The largest absolute Gasteiger partial charge is 0.305 e. The molecule has 0 amide bonds. The van der Waals surface area contributed by atoms with Crippen LogP contribution in [-0.2, 0) is 6.54 Å². The smallest absolute Gasteiger partial charge is 0.123 e. The Kier molecular flexibility index (Phi) is 4.54. The van der Waals surface area contributed by atoms with E-state index in [1.807, 2.05) is 0 Å². The van der Waals surface area contributed by atoms with Crippen LogP contribution in [0.4, 0.5) is 4.39 Å². The van der Waals surface area contributed by atoms with Crippen molar-refractivity contribution in [3.05, 3.63) is 55.9 Å². The first-order valence-corrected chi connectivity index (χ1v) is 7.46. The molecular formula is C14H15BrFNS. The number of nitrogens with one attached hydrogen (secondary N) is 1. The van der Waals surface area contributed by atoms with E-state index < -0.39 is 0 Å². The number of hydrogen-bond donors (Lipinski definition) is 1. The molecule has 4 heteroatoms. The minimum Gasteiger partial charge on any atom is -0.305 e. The number of hydrogen-bond acceptors (Lipinski definition) is 2. The standard InChI is InChI=1S/C14H15BrFNS/c1-9-5-6-18-14(9)10(2)17-8-11-7-12(16)3-4-13(11)15/h3-7,10,17H,8H2,1-2H3. The van der Waals surface area contributed by atoms with Crippen LogP contribution in [-0.4, -0.2) is 0 Å². The number of aryl methyl sites for hydroxylation is 1. The SMILES string of the molecule is Cc1ccsc1C(C)NCc1cc(F)ccc1Br. The van der Waals surface area contributed by atoms with E-state index in [-0.39, 0.29) is 11.9 Å². The Bertz CT molecular complexity index is 538. The number of thiophene rings is 1. The van der Waals surface area contributed by atoms with E-state index >= 15 is 0 Å². The van der Waals surface area contributed by atoms with Gasteiger partial charge in [0, 0.05) is 21.9 Å². The first kappa shape index (κ1) is 13.7. The van der Waals surface area contributed by atoms with Crippen molar-refractivity contribution in [1.29, 1.82) is 0 Å². The van der Waals surface area contributed by atoms with Gasteiger partial charge in [0.15, 0.2) is 0 Å². The van der Waals surface area contributed by atoms with Crippen LogP contribution in [0.25, 0.3) is 0 Å². The molecule has 0 spiro atoms. The molecule has 1 aromatic carbocycles. The van der Waals surface area contributed by atoms with E-state index in [0.717, 1.165) is 10.0 Å². The van der Waals surface area contributed by atoms with Crippen LogP contribution in [0.1, 0.15) is 29.0 Å². The van der Waals surface area contributed by atoms with Gasteiger partial charge < -0.3 is 5.32 Å². The first-order chi connectivity index (χ1) is 8.58. The van der Waals surface area contributed by atoms with Crippen LogP contribution in [0.3, 0.4) is 0 Å². The fourth-order valence-electron chi connectivity index (χ4n) is 1.86. The molecule has 0 aliphatic rings. The van der Waals surface area contributed by atoms with Crippen LogP contribution in [0, 0.1) is 12.7 Å². The molecule has 0 fully saturated rings. The maximum atomic E-state index is 13.2. The van der Waals surface area contributed by atoms with Gasteiger partial charge >= 0.3 is 0 Å². The molecule has 0 saturated heterocycles. The second-order valence-corrected chi connectivity index (χ2v) is 6.11. The molecule has 1 unspecified atom stereocenters. The summed E-state index contributed by atoms with van der Waals surface area (Å²) < 4.78 is 14.1. The van der Waals surface area contributed by atoms with E-state index in [4.69, 9.17) is 0 Å². The molecular weight excluding hydrogens is 313 g/mol. The Morgan fingerprint density at radius 2 is 2.17 bits per heavy atom. The Balaban J connectivity index is 2.03. The number of rotatable bonds is 4. The predicted octanol–water partition coefficient (Wildman–Crippen LogP) is 4.81. The summed E-state index contributed by atoms with van der Waals surface area (Å²) in [6, 6.07) is 7.16. The maximum absolute atomic E-state index is 13.2. The lowest BCUT2D eigenvalue weighted by atomic mass is 10.1. The van der Waals surface area contributed by atoms with Crippen molar-refractivity contribution in [2.75, 3.05) is 0 Å². The topological polar surface area (TPSA) is 12.0 Å². The van der Waals surface area contributed by atoms with E-state index in [2.05, 4.69) is 46.5 Å². The predicted molar refractivity (Wildman–Crippen MR) is 78.4 cm³/mol. The Labute approximate surface area is 119 Å². The number of benzene rings is 1. The van der Waals surface area contributed by atoms with Gasteiger partial charge in [-0.25, -0.2) is 4.39 Å². The average molecular weight is 328 g/mol. The first-order valence-electron chi connectivity index (χ1n) is 5.79. The summed E-state index contributed by atoms with van der Waals surface area (Å²) in [5, 5.41) is 5.52. The molecule has 2 rings (SSSR count). The zero-order valence-corrected chi connectivity index (χ0v) is 12.7. The highest BCUT2D eigenvalue weighted by Gasteiger charge is 2.10. The molecule has 0 aliphatic carbocycles. The zero-order valence-electron chi connectivity index (χ0n) is 10.3. The zero-order chi connectivity index (χ0) is 13.1. The van der Waals surface area contributed by atoms with Crippen molar-refractivity contribution in [1.82, 2.24) is 5.32 Å². The third-order valence-electron chi connectivity index (χ3n) is 2.90. The van der Waals surface area contributed by atoms with Gasteiger partial charge in [-0.3, -0.25) is 0 Å². The van der Waals surface area contributed by atoms with Crippen molar-refractivity contribution in [3.8, 4) is 0 Å². The Morgan fingerprint density at radius 1 is 1.39 bits per heavy atom. The van der Waals surface area contributed by atoms with Crippen molar-refractivity contribution in [2.24, 2.45) is 0 Å². The van der Waals surface area contributed by atoms with Crippen molar-refractivity contribution < 1.29 is 4.39 Å². The summed E-state index contributed by atoms with van der Waals surface area (Å²) in [6.45, 7) is 4.89. The summed E-state index contributed by atoms with van der Waals surface area (Å²) in [5.74, 6) is -0.199. The fraction of sp³-hybridized carbons (Fsp3) is 0.286. The second kappa shape index (κ2) is 5.95. The van der Waals surface area contributed by atoms with Crippen LogP contribution < -0.4 is 5.32 Å². The van der Waals surface area contributed by atoms with Gasteiger partial charge in [0.05, 0.1) is 0 Å². The van der Waals surface area contributed by atoms with Crippen molar-refractivity contribution in [2.45, 2.75) is 26.4 Å². The van der Waals surface area contributed by atoms with Gasteiger partial charge in [0.25, 0.3) is 0 Å². The molecule has 96 valence electrons. The van der Waals surface area contributed by atoms with Gasteiger partial charge in [-0.05, 0) is 54.6 Å². The van der Waals surface area contributed by atoms with Gasteiger partial charge in [0.1, 0.15) is 5.82 Å². The van der Waals surface area contributed by atoms with E-state index in [0.29, 0.717) is 6.54 Å². The quantitative estimate of drug-likeness (QED) is 0.849. The van der Waals surface area contributed by atoms with E-state index in [1.165, 1.54) is 16.5 Å². The molecule has 2 aromatic rings. The summed E-state index contributed by atoms with van der Waals surface area (Å²) in [5.41, 5.74) is 2.24. The molecule has 1 nitrogen and oxygen atoms in total. The normalized spacial score (nSPS) is 12.7. The molecule has 0 aliphatic heterocycles.